The first-order chi connectivity index (χ1) is 13.0. The predicted octanol–water partition coefficient (Wildman–Crippen LogP) is 4.46. The predicted molar refractivity (Wildman–Crippen MR) is 110 cm³/mol. The third kappa shape index (κ3) is 4.89. The fraction of sp³-hybridized carbons (Fsp3) is 0.0952. The summed E-state index contributed by atoms with van der Waals surface area (Å²) in [6, 6.07) is 17.9. The van der Waals surface area contributed by atoms with E-state index < -0.39 is 0 Å². The van der Waals surface area contributed by atoms with E-state index >= 15 is 0 Å². The Hall–Kier alpha value is -3.25. The zero-order valence-electron chi connectivity index (χ0n) is 15.0. The number of anilines is 1. The average molecular weight is 377 g/mol. The number of benzene rings is 2. The number of hydrazone groups is 1. The molecule has 0 aliphatic rings. The van der Waals surface area contributed by atoms with Gasteiger partial charge in [-0.15, -0.1) is 11.3 Å². The molecule has 2 aromatic carbocycles. The molecule has 0 unspecified atom stereocenters. The van der Waals surface area contributed by atoms with Crippen molar-refractivity contribution in [3.63, 3.8) is 0 Å². The Labute approximate surface area is 161 Å². The molecule has 1 heterocycles. The number of carbonyl (C=O) groups is 2. The Morgan fingerprint density at radius 2 is 1.70 bits per heavy atom. The number of nitrogens with one attached hydrogen (secondary N) is 2. The second-order valence-corrected chi connectivity index (χ2v) is 6.96. The van der Waals surface area contributed by atoms with Crippen molar-refractivity contribution < 1.29 is 9.59 Å². The standard InChI is InChI=1S/C21H19N3O2S/c1-14-5-3-6-17(13-14)20(25)22-18-10-8-16(9-11-18)21(26)24-23-15(2)19-7-4-12-27-19/h3-13H,1-2H3,(H,22,25)(H,24,26). The van der Waals surface area contributed by atoms with Gasteiger partial charge < -0.3 is 5.32 Å². The summed E-state index contributed by atoms with van der Waals surface area (Å²) in [5.74, 6) is -0.491. The van der Waals surface area contributed by atoms with Gasteiger partial charge in [0.2, 0.25) is 0 Å². The number of amides is 2. The minimum absolute atomic E-state index is 0.188. The van der Waals surface area contributed by atoms with Crippen molar-refractivity contribution >= 4 is 34.6 Å². The van der Waals surface area contributed by atoms with E-state index in [2.05, 4.69) is 15.8 Å². The van der Waals surface area contributed by atoms with Gasteiger partial charge in [-0.25, -0.2) is 5.43 Å². The Morgan fingerprint density at radius 1 is 0.926 bits per heavy atom. The van der Waals surface area contributed by atoms with Crippen LogP contribution in [0.2, 0.25) is 0 Å². The maximum atomic E-state index is 12.3. The van der Waals surface area contributed by atoms with Crippen LogP contribution in [0, 0.1) is 6.92 Å². The normalized spacial score (nSPS) is 11.1. The number of aryl methyl sites for hydroxylation is 1. The van der Waals surface area contributed by atoms with Gasteiger partial charge in [0, 0.05) is 21.7 Å². The van der Waals surface area contributed by atoms with Crippen molar-refractivity contribution in [2.45, 2.75) is 13.8 Å². The topological polar surface area (TPSA) is 70.6 Å². The van der Waals surface area contributed by atoms with E-state index in [9.17, 15) is 9.59 Å². The highest BCUT2D eigenvalue weighted by molar-refractivity contribution is 7.12. The van der Waals surface area contributed by atoms with Crippen LogP contribution < -0.4 is 10.7 Å². The van der Waals surface area contributed by atoms with Crippen molar-refractivity contribution in [1.82, 2.24) is 5.43 Å². The van der Waals surface area contributed by atoms with E-state index in [1.54, 1.807) is 41.7 Å². The van der Waals surface area contributed by atoms with E-state index in [1.165, 1.54) is 0 Å². The smallest absolute Gasteiger partial charge is 0.271 e. The lowest BCUT2D eigenvalue weighted by molar-refractivity contribution is 0.0954. The van der Waals surface area contributed by atoms with Gasteiger partial charge in [0.25, 0.3) is 11.8 Å². The van der Waals surface area contributed by atoms with E-state index in [0.29, 0.717) is 16.8 Å². The van der Waals surface area contributed by atoms with E-state index in [0.717, 1.165) is 16.2 Å². The van der Waals surface area contributed by atoms with Crippen LogP contribution in [0.3, 0.4) is 0 Å². The number of thiophene rings is 1. The number of nitrogens with zero attached hydrogens (tertiary/aromatic N) is 1. The second kappa shape index (κ2) is 8.42. The number of carbonyl (C=O) groups excluding carboxylic acids is 2. The molecule has 0 radical (unpaired) electrons. The monoisotopic (exact) mass is 377 g/mol. The summed E-state index contributed by atoms with van der Waals surface area (Å²) in [5, 5.41) is 8.90. The molecule has 5 nitrogen and oxygen atoms in total. The second-order valence-electron chi connectivity index (χ2n) is 6.02. The molecule has 3 rings (SSSR count). The fourth-order valence-corrected chi connectivity index (χ4v) is 3.11. The van der Waals surface area contributed by atoms with Gasteiger partial charge in [0.15, 0.2) is 0 Å². The molecular formula is C21H19N3O2S. The molecule has 136 valence electrons. The van der Waals surface area contributed by atoms with E-state index in [-0.39, 0.29) is 11.8 Å². The minimum atomic E-state index is -0.303. The highest BCUT2D eigenvalue weighted by atomic mass is 32.1. The first-order valence-electron chi connectivity index (χ1n) is 8.39. The lowest BCUT2D eigenvalue weighted by Gasteiger charge is -2.07. The highest BCUT2D eigenvalue weighted by Gasteiger charge is 2.08. The molecule has 0 atom stereocenters. The van der Waals surface area contributed by atoms with Crippen LogP contribution in [0.25, 0.3) is 0 Å². The van der Waals surface area contributed by atoms with Gasteiger partial charge in [-0.05, 0) is 61.7 Å². The molecule has 6 heteroatoms. The van der Waals surface area contributed by atoms with Crippen LogP contribution in [-0.2, 0) is 0 Å². The van der Waals surface area contributed by atoms with Crippen molar-refractivity contribution in [2.24, 2.45) is 5.10 Å². The van der Waals surface area contributed by atoms with Gasteiger partial charge in [-0.2, -0.15) is 5.10 Å². The molecule has 1 aromatic heterocycles. The summed E-state index contributed by atoms with van der Waals surface area (Å²) < 4.78 is 0. The first-order valence-corrected chi connectivity index (χ1v) is 9.27. The molecule has 0 aliphatic heterocycles. The Bertz CT molecular complexity index is 977. The van der Waals surface area contributed by atoms with Crippen LogP contribution in [-0.4, -0.2) is 17.5 Å². The van der Waals surface area contributed by atoms with E-state index in [4.69, 9.17) is 0 Å². The Balaban J connectivity index is 1.62. The molecule has 2 amide bonds. The molecule has 0 saturated carbocycles. The van der Waals surface area contributed by atoms with Crippen molar-refractivity contribution in [1.29, 1.82) is 0 Å². The molecule has 0 fully saturated rings. The van der Waals surface area contributed by atoms with Crippen LogP contribution in [0.1, 0.15) is 38.1 Å². The quantitative estimate of drug-likeness (QED) is 0.509. The summed E-state index contributed by atoms with van der Waals surface area (Å²) in [7, 11) is 0. The molecule has 2 N–H and O–H groups in total. The highest BCUT2D eigenvalue weighted by Crippen LogP contribution is 2.13. The van der Waals surface area contributed by atoms with Crippen molar-refractivity contribution in [3.05, 3.63) is 87.6 Å². The lowest BCUT2D eigenvalue weighted by Crippen LogP contribution is -2.19. The van der Waals surface area contributed by atoms with Crippen molar-refractivity contribution in [3.8, 4) is 0 Å². The van der Waals surface area contributed by atoms with Gasteiger partial charge in [0.05, 0.1) is 5.71 Å². The van der Waals surface area contributed by atoms with Crippen LogP contribution in [0.4, 0.5) is 5.69 Å². The summed E-state index contributed by atoms with van der Waals surface area (Å²) in [6.45, 7) is 3.78. The van der Waals surface area contributed by atoms with Crippen molar-refractivity contribution in [2.75, 3.05) is 5.32 Å². The van der Waals surface area contributed by atoms with Gasteiger partial charge in [-0.3, -0.25) is 9.59 Å². The number of hydrogen-bond donors (Lipinski definition) is 2. The maximum absolute atomic E-state index is 12.3. The minimum Gasteiger partial charge on any atom is -0.322 e. The summed E-state index contributed by atoms with van der Waals surface area (Å²) in [4.78, 5) is 25.5. The lowest BCUT2D eigenvalue weighted by atomic mass is 10.1. The number of rotatable bonds is 5. The fourth-order valence-electron chi connectivity index (χ4n) is 2.43. The average Bonchev–Trinajstić information content (AvgIpc) is 3.21. The van der Waals surface area contributed by atoms with Crippen LogP contribution >= 0.6 is 11.3 Å². The van der Waals surface area contributed by atoms with Gasteiger partial charge in [0.1, 0.15) is 0 Å². The SMILES string of the molecule is CC(=NNC(=O)c1ccc(NC(=O)c2cccc(C)c2)cc1)c1cccs1. The largest absolute Gasteiger partial charge is 0.322 e. The first kappa shape index (κ1) is 18.5. The molecular weight excluding hydrogens is 358 g/mol. The third-order valence-electron chi connectivity index (χ3n) is 3.89. The van der Waals surface area contributed by atoms with Crippen LogP contribution in [0.5, 0.6) is 0 Å². The summed E-state index contributed by atoms with van der Waals surface area (Å²) >= 11 is 1.56. The Kier molecular flexibility index (Phi) is 5.78. The zero-order valence-corrected chi connectivity index (χ0v) is 15.8. The molecule has 0 bridgehead atoms. The third-order valence-corrected chi connectivity index (χ3v) is 4.87. The molecule has 0 spiro atoms. The van der Waals surface area contributed by atoms with E-state index in [1.807, 2.05) is 49.6 Å². The maximum Gasteiger partial charge on any atom is 0.271 e. The molecule has 0 aliphatic carbocycles. The zero-order chi connectivity index (χ0) is 19.2. The number of hydrogen-bond acceptors (Lipinski definition) is 4. The molecule has 0 saturated heterocycles. The summed E-state index contributed by atoms with van der Waals surface area (Å²) in [6.07, 6.45) is 0. The van der Waals surface area contributed by atoms with Gasteiger partial charge in [-0.1, -0.05) is 23.8 Å². The molecule has 3 aromatic rings. The summed E-state index contributed by atoms with van der Waals surface area (Å²) in [5.41, 5.74) is 6.00. The Morgan fingerprint density at radius 3 is 2.37 bits per heavy atom. The van der Waals surface area contributed by atoms with Gasteiger partial charge >= 0.3 is 0 Å². The molecule has 27 heavy (non-hydrogen) atoms. The van der Waals surface area contributed by atoms with Crippen LogP contribution in [0.15, 0.2) is 71.1 Å².